The number of pyridine rings is 2. The van der Waals surface area contributed by atoms with E-state index in [1.54, 1.807) is 36.0 Å². The molecule has 3 aromatic heterocycles. The van der Waals surface area contributed by atoms with Crippen LogP contribution in [-0.2, 0) is 17.1 Å². The van der Waals surface area contributed by atoms with Gasteiger partial charge in [-0.05, 0) is 49.1 Å². The molecule has 192 valence electrons. The summed E-state index contributed by atoms with van der Waals surface area (Å²) in [4.78, 5) is 26.6. The largest absolute Gasteiger partial charge is 0.316 e. The zero-order valence-corrected chi connectivity index (χ0v) is 22.3. The first kappa shape index (κ1) is 24.5. The second-order valence-corrected chi connectivity index (χ2v) is 11.9. The molecule has 1 saturated carbocycles. The van der Waals surface area contributed by atoms with Gasteiger partial charge < -0.3 is 9.13 Å². The molecular weight excluding hydrogens is 522 g/mol. The molecule has 9 heteroatoms. The summed E-state index contributed by atoms with van der Waals surface area (Å²) in [6.45, 7) is 1.86. The minimum Gasteiger partial charge on any atom is -0.316 e. The van der Waals surface area contributed by atoms with Crippen LogP contribution in [0.3, 0.4) is 0 Å². The number of nitrogens with zero attached hydrogens (tertiary/aromatic N) is 3. The van der Waals surface area contributed by atoms with E-state index >= 15 is 0 Å². The zero-order valence-electron chi connectivity index (χ0n) is 20.8. The highest BCUT2D eigenvalue weighted by Crippen LogP contribution is 2.40. The van der Waals surface area contributed by atoms with Crippen molar-refractivity contribution in [1.29, 1.82) is 0 Å². The number of halogens is 1. The van der Waals surface area contributed by atoms with E-state index in [0.29, 0.717) is 16.5 Å². The minimum atomic E-state index is -4.18. The minimum absolute atomic E-state index is 0.0203. The molecule has 2 aromatic carbocycles. The van der Waals surface area contributed by atoms with Crippen LogP contribution in [0, 0.1) is 6.92 Å². The Labute approximate surface area is 224 Å². The predicted octanol–water partition coefficient (Wildman–Crippen LogP) is 5.37. The maximum Gasteiger partial charge on any atom is 0.275 e. The van der Waals surface area contributed by atoms with Crippen LogP contribution in [0.1, 0.15) is 24.4 Å². The molecule has 1 aliphatic carbocycles. The molecule has 0 unspecified atom stereocenters. The van der Waals surface area contributed by atoms with Gasteiger partial charge in [-0.2, -0.15) is 0 Å². The molecule has 5 aromatic rings. The van der Waals surface area contributed by atoms with Gasteiger partial charge in [0.2, 0.25) is 0 Å². The fourth-order valence-electron chi connectivity index (χ4n) is 4.88. The molecule has 6 rings (SSSR count). The Kier molecular flexibility index (Phi) is 5.70. The Bertz CT molecular complexity index is 1950. The number of benzene rings is 2. The fourth-order valence-corrected chi connectivity index (χ4v) is 6.74. The number of hydrogen-bond donors (Lipinski definition) is 0. The third kappa shape index (κ3) is 3.92. The lowest BCUT2D eigenvalue weighted by molar-refractivity contribution is 0.589. The Morgan fingerprint density at radius 2 is 1.55 bits per heavy atom. The van der Waals surface area contributed by atoms with Gasteiger partial charge in [-0.25, -0.2) is 12.4 Å². The molecule has 1 aliphatic rings. The smallest absolute Gasteiger partial charge is 0.275 e. The maximum atomic E-state index is 13.7. The summed E-state index contributed by atoms with van der Waals surface area (Å²) in [6, 6.07) is 19.3. The molecular formula is C29H24ClN3O4S. The molecule has 3 heterocycles. The monoisotopic (exact) mass is 545 g/mol. The second-order valence-electron chi connectivity index (χ2n) is 9.71. The fraction of sp³-hybridized carbons (Fsp3) is 0.172. The maximum absolute atomic E-state index is 13.7. The van der Waals surface area contributed by atoms with Crippen molar-refractivity contribution in [2.45, 2.75) is 30.7 Å². The van der Waals surface area contributed by atoms with E-state index in [0.717, 1.165) is 33.5 Å². The van der Waals surface area contributed by atoms with Crippen molar-refractivity contribution < 1.29 is 8.42 Å². The summed E-state index contributed by atoms with van der Waals surface area (Å²) in [5.41, 5.74) is 3.02. The van der Waals surface area contributed by atoms with Crippen LogP contribution in [-0.4, -0.2) is 21.5 Å². The van der Waals surface area contributed by atoms with Gasteiger partial charge >= 0.3 is 0 Å². The molecule has 7 nitrogen and oxygen atoms in total. The topological polar surface area (TPSA) is 83.1 Å². The van der Waals surface area contributed by atoms with Crippen LogP contribution in [0.25, 0.3) is 33.2 Å². The van der Waals surface area contributed by atoms with Crippen molar-refractivity contribution in [1.82, 2.24) is 13.1 Å². The number of fused-ring (bicyclic) bond motifs is 1. The lowest BCUT2D eigenvalue weighted by atomic mass is 9.95. The Morgan fingerprint density at radius 3 is 2.21 bits per heavy atom. The third-order valence-electron chi connectivity index (χ3n) is 7.01. The molecule has 0 amide bonds. The molecule has 0 N–H and O–H groups in total. The van der Waals surface area contributed by atoms with Crippen molar-refractivity contribution in [2.75, 3.05) is 0 Å². The quantitative estimate of drug-likeness (QED) is 0.297. The summed E-state index contributed by atoms with van der Waals surface area (Å²) < 4.78 is 31.4. The van der Waals surface area contributed by atoms with Crippen LogP contribution in [0.2, 0.25) is 5.15 Å². The van der Waals surface area contributed by atoms with Crippen LogP contribution in [0.15, 0.2) is 93.6 Å². The Hall–Kier alpha value is -3.88. The molecule has 0 saturated heterocycles. The average molecular weight is 546 g/mol. The van der Waals surface area contributed by atoms with Crippen molar-refractivity contribution in [2.24, 2.45) is 7.05 Å². The highest BCUT2D eigenvalue weighted by atomic mass is 35.5. The Morgan fingerprint density at radius 1 is 0.868 bits per heavy atom. The molecule has 0 spiro atoms. The van der Waals surface area contributed by atoms with Crippen LogP contribution in [0.5, 0.6) is 0 Å². The predicted molar refractivity (Wildman–Crippen MR) is 149 cm³/mol. The van der Waals surface area contributed by atoms with Crippen LogP contribution in [0.4, 0.5) is 0 Å². The van der Waals surface area contributed by atoms with Crippen molar-refractivity contribution in [3.8, 4) is 22.3 Å². The van der Waals surface area contributed by atoms with Crippen molar-refractivity contribution >= 4 is 32.5 Å². The van der Waals surface area contributed by atoms with Gasteiger partial charge in [0.25, 0.3) is 21.1 Å². The van der Waals surface area contributed by atoms with Gasteiger partial charge in [0.05, 0.1) is 4.90 Å². The third-order valence-corrected chi connectivity index (χ3v) is 9.11. The first-order chi connectivity index (χ1) is 18.2. The SMILES string of the molecule is Cc1ccc(S(=O)(=O)n2c(Cl)cc3c(-c4cc(=O)n(C5CC5)cc4-c4ccccc4)cn(C)c(=O)c32)cc1. The van der Waals surface area contributed by atoms with E-state index in [-0.39, 0.29) is 27.2 Å². The molecule has 0 bridgehead atoms. The molecule has 38 heavy (non-hydrogen) atoms. The van der Waals surface area contributed by atoms with Crippen molar-refractivity contribution in [3.63, 3.8) is 0 Å². The highest BCUT2D eigenvalue weighted by molar-refractivity contribution is 7.90. The Balaban J connectivity index is 1.68. The number of aryl methyl sites for hydroxylation is 2. The normalized spacial score (nSPS) is 13.8. The van der Waals surface area contributed by atoms with E-state index in [4.69, 9.17) is 11.6 Å². The van der Waals surface area contributed by atoms with Gasteiger partial charge in [-0.15, -0.1) is 0 Å². The number of rotatable bonds is 5. The average Bonchev–Trinajstić information content (AvgIpc) is 3.68. The van der Waals surface area contributed by atoms with Gasteiger partial charge in [-0.3, -0.25) is 9.59 Å². The summed E-state index contributed by atoms with van der Waals surface area (Å²) in [7, 11) is -2.62. The first-order valence-electron chi connectivity index (χ1n) is 12.2. The van der Waals surface area contributed by atoms with Crippen LogP contribution < -0.4 is 11.1 Å². The number of hydrogen-bond acceptors (Lipinski definition) is 4. The van der Waals surface area contributed by atoms with E-state index in [9.17, 15) is 18.0 Å². The standard InChI is InChI=1S/C29H24ClN3O4S/c1-18-8-12-21(13-9-18)38(36,37)33-26(30)14-23-25(16-31(2)29(35)28(23)33)22-15-27(34)32(20-10-11-20)17-24(22)19-6-4-3-5-7-19/h3-9,12-17,20H,10-11H2,1-2H3. The molecule has 1 fully saturated rings. The van der Waals surface area contributed by atoms with E-state index in [1.165, 1.54) is 22.8 Å². The summed E-state index contributed by atoms with van der Waals surface area (Å²) in [5, 5.41) is 0.243. The first-order valence-corrected chi connectivity index (χ1v) is 14.0. The lowest BCUT2D eigenvalue weighted by Gasteiger charge is -2.16. The zero-order chi connectivity index (χ0) is 26.8. The van der Waals surface area contributed by atoms with Gasteiger partial charge in [0.15, 0.2) is 0 Å². The van der Waals surface area contributed by atoms with Gasteiger partial charge in [0, 0.05) is 48.1 Å². The molecule has 0 aliphatic heterocycles. The summed E-state index contributed by atoms with van der Waals surface area (Å²) >= 11 is 6.55. The summed E-state index contributed by atoms with van der Waals surface area (Å²) in [5.74, 6) is 0. The van der Waals surface area contributed by atoms with Crippen molar-refractivity contribution in [3.05, 3.63) is 111 Å². The molecule has 0 atom stereocenters. The van der Waals surface area contributed by atoms with E-state index in [1.807, 2.05) is 43.5 Å². The van der Waals surface area contributed by atoms with Gasteiger partial charge in [-0.1, -0.05) is 59.6 Å². The van der Waals surface area contributed by atoms with E-state index < -0.39 is 15.6 Å². The lowest BCUT2D eigenvalue weighted by Crippen LogP contribution is -2.23. The highest BCUT2D eigenvalue weighted by Gasteiger charge is 2.29. The van der Waals surface area contributed by atoms with Gasteiger partial charge in [0.1, 0.15) is 10.7 Å². The molecule has 0 radical (unpaired) electrons. The second kappa shape index (κ2) is 8.85. The summed E-state index contributed by atoms with van der Waals surface area (Å²) in [6.07, 6.45) is 5.40. The van der Waals surface area contributed by atoms with E-state index in [2.05, 4.69) is 0 Å². The van der Waals surface area contributed by atoms with Crippen LogP contribution >= 0.6 is 11.6 Å². The number of aromatic nitrogens is 3.